The molecule has 3 aromatic rings. The van der Waals surface area contributed by atoms with Gasteiger partial charge in [-0.3, -0.25) is 14.9 Å². The normalized spacial score (nSPS) is 10.6. The molecule has 0 atom stereocenters. The molecule has 1 heterocycles. The number of nitrogens with one attached hydrogen (secondary N) is 1. The second-order valence-corrected chi connectivity index (χ2v) is 5.99. The quantitative estimate of drug-likeness (QED) is 0.435. The largest absolute Gasteiger partial charge is 0.417 e. The van der Waals surface area contributed by atoms with Crippen molar-refractivity contribution in [1.29, 1.82) is 0 Å². The number of non-ortho nitro benzene ring substituents is 1. The Morgan fingerprint density at radius 3 is 2.72 bits per heavy atom. The van der Waals surface area contributed by atoms with Gasteiger partial charge in [-0.25, -0.2) is 4.79 Å². The molecular formula is C17H12N2O5S. The van der Waals surface area contributed by atoms with E-state index in [1.165, 1.54) is 30.0 Å². The average molecular weight is 356 g/mol. The second kappa shape index (κ2) is 6.78. The van der Waals surface area contributed by atoms with Crippen molar-refractivity contribution in [2.45, 2.75) is 4.90 Å². The molecule has 0 saturated carbocycles. The highest BCUT2D eigenvalue weighted by molar-refractivity contribution is 7.98. The maximum absolute atomic E-state index is 12.3. The fourth-order valence-corrected chi connectivity index (χ4v) is 2.75. The van der Waals surface area contributed by atoms with Gasteiger partial charge in [-0.2, -0.15) is 0 Å². The van der Waals surface area contributed by atoms with Crippen LogP contribution in [0, 0.1) is 10.1 Å². The average Bonchev–Trinajstić information content (AvgIpc) is 2.61. The minimum absolute atomic E-state index is 0.0510. The molecule has 0 spiro atoms. The Kier molecular flexibility index (Phi) is 4.53. The summed E-state index contributed by atoms with van der Waals surface area (Å²) in [5, 5.41) is 13.9. The summed E-state index contributed by atoms with van der Waals surface area (Å²) < 4.78 is 5.02. The standard InChI is InChI=1S/C17H12N2O5S/c1-25-13-4-2-3-11(8-13)18-16(20)15-7-10-5-6-12(19(22)23)9-14(10)17(21)24-15/h2-9H,1H3,(H,18,20). The maximum atomic E-state index is 12.3. The molecule has 0 saturated heterocycles. The number of carbonyl (C=O) groups is 1. The molecule has 8 heteroatoms. The number of nitro groups is 1. The van der Waals surface area contributed by atoms with Gasteiger partial charge in [-0.15, -0.1) is 11.8 Å². The first-order valence-electron chi connectivity index (χ1n) is 7.15. The van der Waals surface area contributed by atoms with E-state index >= 15 is 0 Å². The third-order valence-electron chi connectivity index (χ3n) is 3.51. The number of hydrogen-bond acceptors (Lipinski definition) is 6. The smallest absolute Gasteiger partial charge is 0.344 e. The van der Waals surface area contributed by atoms with Crippen molar-refractivity contribution < 1.29 is 14.1 Å². The molecule has 0 bridgehead atoms. The summed E-state index contributed by atoms with van der Waals surface area (Å²) >= 11 is 1.53. The summed E-state index contributed by atoms with van der Waals surface area (Å²) in [5.74, 6) is -0.739. The van der Waals surface area contributed by atoms with Crippen LogP contribution in [0.25, 0.3) is 10.8 Å². The van der Waals surface area contributed by atoms with Crippen LogP contribution in [0.5, 0.6) is 0 Å². The molecule has 25 heavy (non-hydrogen) atoms. The van der Waals surface area contributed by atoms with Crippen molar-refractivity contribution in [3.05, 3.63) is 74.8 Å². The van der Waals surface area contributed by atoms with Crippen LogP contribution in [0.15, 0.2) is 62.6 Å². The zero-order valence-electron chi connectivity index (χ0n) is 13.0. The molecule has 0 fully saturated rings. The Bertz CT molecular complexity index is 1040. The molecule has 7 nitrogen and oxygen atoms in total. The minimum Gasteiger partial charge on any atom is -0.417 e. The van der Waals surface area contributed by atoms with Gasteiger partial charge in [0, 0.05) is 22.7 Å². The lowest BCUT2D eigenvalue weighted by atomic mass is 10.1. The van der Waals surface area contributed by atoms with E-state index in [-0.39, 0.29) is 16.8 Å². The number of nitrogens with zero attached hydrogens (tertiary/aromatic N) is 1. The lowest BCUT2D eigenvalue weighted by Gasteiger charge is -2.06. The maximum Gasteiger partial charge on any atom is 0.344 e. The Morgan fingerprint density at radius 1 is 1.20 bits per heavy atom. The molecule has 1 N–H and O–H groups in total. The van der Waals surface area contributed by atoms with E-state index in [9.17, 15) is 19.7 Å². The summed E-state index contributed by atoms with van der Waals surface area (Å²) in [6, 6.07) is 12.4. The molecule has 0 aliphatic heterocycles. The monoisotopic (exact) mass is 356 g/mol. The van der Waals surface area contributed by atoms with Crippen LogP contribution in [0.1, 0.15) is 10.6 Å². The number of amides is 1. The van der Waals surface area contributed by atoms with Gasteiger partial charge in [0.1, 0.15) is 0 Å². The van der Waals surface area contributed by atoms with Crippen molar-refractivity contribution in [3.8, 4) is 0 Å². The third-order valence-corrected chi connectivity index (χ3v) is 4.23. The second-order valence-electron chi connectivity index (χ2n) is 5.11. The van der Waals surface area contributed by atoms with Crippen LogP contribution in [0.2, 0.25) is 0 Å². The van der Waals surface area contributed by atoms with E-state index in [0.717, 1.165) is 11.0 Å². The molecule has 1 amide bonds. The van der Waals surface area contributed by atoms with E-state index in [2.05, 4.69) is 5.32 Å². The van der Waals surface area contributed by atoms with Gasteiger partial charge in [-0.05, 0) is 42.0 Å². The van der Waals surface area contributed by atoms with Gasteiger partial charge in [0.05, 0.1) is 10.3 Å². The van der Waals surface area contributed by atoms with Crippen LogP contribution >= 0.6 is 11.8 Å². The number of thioether (sulfide) groups is 1. The first-order valence-corrected chi connectivity index (χ1v) is 8.38. The van der Waals surface area contributed by atoms with Crippen molar-refractivity contribution in [3.63, 3.8) is 0 Å². The number of benzene rings is 2. The Labute approximate surface area is 145 Å². The van der Waals surface area contributed by atoms with E-state index < -0.39 is 16.5 Å². The summed E-state index contributed by atoms with van der Waals surface area (Å²) in [6.07, 6.45) is 1.92. The summed E-state index contributed by atoms with van der Waals surface area (Å²) in [4.78, 5) is 35.6. The summed E-state index contributed by atoms with van der Waals surface area (Å²) in [5.41, 5.74) is -0.446. The fraction of sp³-hybridized carbons (Fsp3) is 0.0588. The highest BCUT2D eigenvalue weighted by atomic mass is 32.2. The van der Waals surface area contributed by atoms with Crippen LogP contribution in [0.4, 0.5) is 11.4 Å². The highest BCUT2D eigenvalue weighted by Crippen LogP contribution is 2.21. The molecule has 3 rings (SSSR count). The first-order chi connectivity index (χ1) is 12.0. The molecule has 0 aliphatic carbocycles. The van der Waals surface area contributed by atoms with Crippen LogP contribution in [-0.2, 0) is 0 Å². The molecular weight excluding hydrogens is 344 g/mol. The van der Waals surface area contributed by atoms with Gasteiger partial charge < -0.3 is 9.73 Å². The number of rotatable bonds is 4. The molecule has 2 aromatic carbocycles. The number of anilines is 1. The van der Waals surface area contributed by atoms with E-state index in [1.807, 2.05) is 12.3 Å². The minimum atomic E-state index is -0.802. The predicted octanol–water partition coefficient (Wildman–Crippen LogP) is 3.68. The molecule has 0 aliphatic rings. The Hall–Kier alpha value is -3.13. The van der Waals surface area contributed by atoms with Crippen molar-refractivity contribution in [2.24, 2.45) is 0 Å². The van der Waals surface area contributed by atoms with Gasteiger partial charge in [-0.1, -0.05) is 6.07 Å². The van der Waals surface area contributed by atoms with Gasteiger partial charge in [0.25, 0.3) is 11.6 Å². The Balaban J connectivity index is 1.95. The predicted molar refractivity (Wildman–Crippen MR) is 95.3 cm³/mol. The van der Waals surface area contributed by atoms with Crippen molar-refractivity contribution >= 4 is 39.8 Å². The number of nitro benzene ring substituents is 1. The summed E-state index contributed by atoms with van der Waals surface area (Å²) in [6.45, 7) is 0. The first kappa shape index (κ1) is 16.7. The molecule has 1 aromatic heterocycles. The number of carbonyl (C=O) groups excluding carboxylic acids is 1. The van der Waals surface area contributed by atoms with Gasteiger partial charge in [0.2, 0.25) is 0 Å². The SMILES string of the molecule is CSc1cccc(NC(=O)c2cc3ccc([N+](=O)[O-])cc3c(=O)o2)c1. The Morgan fingerprint density at radius 2 is 2.00 bits per heavy atom. The summed E-state index contributed by atoms with van der Waals surface area (Å²) in [7, 11) is 0. The molecule has 0 radical (unpaired) electrons. The van der Waals surface area contributed by atoms with E-state index in [1.54, 1.807) is 18.2 Å². The van der Waals surface area contributed by atoms with Crippen LogP contribution < -0.4 is 10.9 Å². The van der Waals surface area contributed by atoms with Crippen molar-refractivity contribution in [2.75, 3.05) is 11.6 Å². The van der Waals surface area contributed by atoms with E-state index in [0.29, 0.717) is 11.1 Å². The van der Waals surface area contributed by atoms with Crippen LogP contribution in [-0.4, -0.2) is 17.1 Å². The number of fused-ring (bicyclic) bond motifs is 1. The zero-order chi connectivity index (χ0) is 18.0. The van der Waals surface area contributed by atoms with Crippen molar-refractivity contribution in [1.82, 2.24) is 0 Å². The number of hydrogen-bond donors (Lipinski definition) is 1. The third kappa shape index (κ3) is 3.53. The highest BCUT2D eigenvalue weighted by Gasteiger charge is 2.15. The molecule has 126 valence electrons. The van der Waals surface area contributed by atoms with E-state index in [4.69, 9.17) is 4.42 Å². The lowest BCUT2D eigenvalue weighted by molar-refractivity contribution is -0.384. The topological polar surface area (TPSA) is 102 Å². The van der Waals surface area contributed by atoms with Gasteiger partial charge >= 0.3 is 5.63 Å². The lowest BCUT2D eigenvalue weighted by Crippen LogP contribution is -2.15. The van der Waals surface area contributed by atoms with Gasteiger partial charge in [0.15, 0.2) is 5.76 Å². The van der Waals surface area contributed by atoms with Crippen LogP contribution in [0.3, 0.4) is 0 Å². The molecule has 0 unspecified atom stereocenters. The fourth-order valence-electron chi connectivity index (χ4n) is 2.29. The zero-order valence-corrected chi connectivity index (χ0v) is 13.8.